The van der Waals surface area contributed by atoms with Gasteiger partial charge in [-0.05, 0) is 46.3 Å². The Morgan fingerprint density at radius 1 is 1.05 bits per heavy atom. The standard InChI is InChI=1S/C14H8BrF3N2S/c15-13-7-6-11(21-13)10-8-12(14(16,17)18)19-20(10)9-4-2-1-3-5-9/h1-8H. The Balaban J connectivity index is 2.20. The molecule has 2 heterocycles. The molecule has 0 fully saturated rings. The number of nitrogens with zero attached hydrogens (tertiary/aromatic N) is 2. The summed E-state index contributed by atoms with van der Waals surface area (Å²) in [5.41, 5.74) is 0.114. The zero-order chi connectivity index (χ0) is 15.0. The van der Waals surface area contributed by atoms with Crippen LogP contribution in [0.25, 0.3) is 16.3 Å². The molecule has 1 aromatic carbocycles. The first-order valence-corrected chi connectivity index (χ1v) is 7.54. The van der Waals surface area contributed by atoms with Gasteiger partial charge in [0.2, 0.25) is 0 Å². The minimum Gasteiger partial charge on any atom is -0.232 e. The van der Waals surface area contributed by atoms with Gasteiger partial charge in [-0.1, -0.05) is 18.2 Å². The summed E-state index contributed by atoms with van der Waals surface area (Å²) in [5.74, 6) is 0. The third-order valence-electron chi connectivity index (χ3n) is 2.83. The molecule has 3 rings (SSSR count). The van der Waals surface area contributed by atoms with Crippen LogP contribution in [0.1, 0.15) is 5.69 Å². The van der Waals surface area contributed by atoms with Crippen LogP contribution in [-0.2, 0) is 6.18 Å². The molecular formula is C14H8BrF3N2S. The van der Waals surface area contributed by atoms with Gasteiger partial charge in [-0.2, -0.15) is 18.3 Å². The van der Waals surface area contributed by atoms with Gasteiger partial charge in [-0.15, -0.1) is 11.3 Å². The number of hydrogen-bond acceptors (Lipinski definition) is 2. The molecule has 0 spiro atoms. The second-order valence-electron chi connectivity index (χ2n) is 4.26. The van der Waals surface area contributed by atoms with E-state index >= 15 is 0 Å². The lowest BCUT2D eigenvalue weighted by Crippen LogP contribution is -2.07. The Labute approximate surface area is 131 Å². The van der Waals surface area contributed by atoms with E-state index in [0.717, 1.165) is 9.85 Å². The van der Waals surface area contributed by atoms with Crippen molar-refractivity contribution in [3.63, 3.8) is 0 Å². The molecule has 3 aromatic rings. The van der Waals surface area contributed by atoms with Crippen LogP contribution in [0.4, 0.5) is 13.2 Å². The topological polar surface area (TPSA) is 17.8 Å². The fourth-order valence-corrected chi connectivity index (χ4v) is 3.30. The van der Waals surface area contributed by atoms with Gasteiger partial charge in [0.25, 0.3) is 0 Å². The minimum absolute atomic E-state index is 0.421. The van der Waals surface area contributed by atoms with Gasteiger partial charge in [0, 0.05) is 0 Å². The van der Waals surface area contributed by atoms with Gasteiger partial charge >= 0.3 is 6.18 Å². The molecule has 0 saturated heterocycles. The van der Waals surface area contributed by atoms with Crippen LogP contribution < -0.4 is 0 Å². The molecule has 2 aromatic heterocycles. The molecule has 0 unspecified atom stereocenters. The molecular weight excluding hydrogens is 365 g/mol. The molecule has 0 radical (unpaired) electrons. The summed E-state index contributed by atoms with van der Waals surface area (Å²) in [6.07, 6.45) is -4.47. The van der Waals surface area contributed by atoms with E-state index in [1.807, 2.05) is 0 Å². The largest absolute Gasteiger partial charge is 0.435 e. The van der Waals surface area contributed by atoms with E-state index in [9.17, 15) is 13.2 Å². The molecule has 108 valence electrons. The second-order valence-corrected chi connectivity index (χ2v) is 6.73. The molecule has 0 amide bonds. The van der Waals surface area contributed by atoms with Crippen molar-refractivity contribution in [2.24, 2.45) is 0 Å². The highest BCUT2D eigenvalue weighted by molar-refractivity contribution is 9.11. The molecule has 0 N–H and O–H groups in total. The van der Waals surface area contributed by atoms with E-state index < -0.39 is 11.9 Å². The van der Waals surface area contributed by atoms with Crippen LogP contribution in [0.15, 0.2) is 52.3 Å². The smallest absolute Gasteiger partial charge is 0.232 e. The van der Waals surface area contributed by atoms with Crippen LogP contribution in [0.2, 0.25) is 0 Å². The maximum atomic E-state index is 12.9. The zero-order valence-corrected chi connectivity index (χ0v) is 12.8. The maximum absolute atomic E-state index is 12.9. The monoisotopic (exact) mass is 372 g/mol. The summed E-state index contributed by atoms with van der Waals surface area (Å²) in [7, 11) is 0. The highest BCUT2D eigenvalue weighted by Gasteiger charge is 2.35. The van der Waals surface area contributed by atoms with Gasteiger partial charge in [0.05, 0.1) is 20.0 Å². The van der Waals surface area contributed by atoms with Crippen LogP contribution in [0.5, 0.6) is 0 Å². The Hall–Kier alpha value is -1.60. The molecule has 0 atom stereocenters. The van der Waals surface area contributed by atoms with Crippen molar-refractivity contribution in [1.29, 1.82) is 0 Å². The van der Waals surface area contributed by atoms with E-state index in [1.54, 1.807) is 42.5 Å². The number of hydrogen-bond donors (Lipinski definition) is 0. The number of para-hydroxylation sites is 1. The maximum Gasteiger partial charge on any atom is 0.435 e. The third-order valence-corrected chi connectivity index (χ3v) is 4.47. The van der Waals surface area contributed by atoms with Crippen molar-refractivity contribution in [3.05, 3.63) is 58.0 Å². The Morgan fingerprint density at radius 2 is 1.76 bits per heavy atom. The van der Waals surface area contributed by atoms with Gasteiger partial charge in [0.1, 0.15) is 0 Å². The van der Waals surface area contributed by atoms with Crippen molar-refractivity contribution in [1.82, 2.24) is 9.78 Å². The van der Waals surface area contributed by atoms with E-state index in [-0.39, 0.29) is 0 Å². The third kappa shape index (κ3) is 2.89. The van der Waals surface area contributed by atoms with Crippen molar-refractivity contribution in [3.8, 4) is 16.3 Å². The molecule has 2 nitrogen and oxygen atoms in total. The van der Waals surface area contributed by atoms with Crippen LogP contribution in [0, 0.1) is 0 Å². The van der Waals surface area contributed by atoms with Gasteiger partial charge in [-0.3, -0.25) is 0 Å². The Bertz CT molecular complexity index is 762. The number of rotatable bonds is 2. The number of aromatic nitrogens is 2. The van der Waals surface area contributed by atoms with Gasteiger partial charge < -0.3 is 0 Å². The van der Waals surface area contributed by atoms with E-state index in [0.29, 0.717) is 16.3 Å². The normalized spacial score (nSPS) is 11.8. The minimum atomic E-state index is -4.47. The molecule has 0 aliphatic rings. The first-order chi connectivity index (χ1) is 9.95. The number of alkyl halides is 3. The SMILES string of the molecule is FC(F)(F)c1cc(-c2ccc(Br)s2)n(-c2ccccc2)n1. The van der Waals surface area contributed by atoms with Crippen LogP contribution >= 0.6 is 27.3 Å². The molecule has 7 heteroatoms. The summed E-state index contributed by atoms with van der Waals surface area (Å²) in [4.78, 5) is 0.716. The average Bonchev–Trinajstić information content (AvgIpc) is 3.05. The summed E-state index contributed by atoms with van der Waals surface area (Å²) in [6.45, 7) is 0. The van der Waals surface area contributed by atoms with Gasteiger partial charge in [0.15, 0.2) is 5.69 Å². The zero-order valence-electron chi connectivity index (χ0n) is 10.4. The quantitative estimate of drug-likeness (QED) is 0.590. The predicted octanol–water partition coefficient (Wildman–Crippen LogP) is 5.38. The lowest BCUT2D eigenvalue weighted by Gasteiger charge is -2.05. The molecule has 21 heavy (non-hydrogen) atoms. The Morgan fingerprint density at radius 3 is 2.33 bits per heavy atom. The van der Waals surface area contributed by atoms with E-state index in [4.69, 9.17) is 0 Å². The highest BCUT2D eigenvalue weighted by atomic mass is 79.9. The highest BCUT2D eigenvalue weighted by Crippen LogP contribution is 2.36. The number of thiophene rings is 1. The lowest BCUT2D eigenvalue weighted by molar-refractivity contribution is -0.141. The molecule has 0 bridgehead atoms. The van der Waals surface area contributed by atoms with Crippen LogP contribution in [0.3, 0.4) is 0 Å². The predicted molar refractivity (Wildman–Crippen MR) is 79.6 cm³/mol. The fourth-order valence-electron chi connectivity index (χ4n) is 1.91. The lowest BCUT2D eigenvalue weighted by atomic mass is 10.3. The van der Waals surface area contributed by atoms with Crippen molar-refractivity contribution in [2.75, 3.05) is 0 Å². The van der Waals surface area contributed by atoms with Crippen molar-refractivity contribution in [2.45, 2.75) is 6.18 Å². The first-order valence-electron chi connectivity index (χ1n) is 5.93. The average molecular weight is 373 g/mol. The second kappa shape index (κ2) is 5.31. The van der Waals surface area contributed by atoms with Crippen molar-refractivity contribution >= 4 is 27.3 Å². The summed E-state index contributed by atoms with van der Waals surface area (Å²) < 4.78 is 41.0. The summed E-state index contributed by atoms with van der Waals surface area (Å²) in [5, 5.41) is 3.72. The number of benzene rings is 1. The van der Waals surface area contributed by atoms with E-state index in [2.05, 4.69) is 21.0 Å². The number of halogens is 4. The van der Waals surface area contributed by atoms with Crippen LogP contribution in [-0.4, -0.2) is 9.78 Å². The van der Waals surface area contributed by atoms with E-state index in [1.165, 1.54) is 16.0 Å². The van der Waals surface area contributed by atoms with Gasteiger partial charge in [-0.25, -0.2) is 4.68 Å². The fraction of sp³-hybridized carbons (Fsp3) is 0.0714. The summed E-state index contributed by atoms with van der Waals surface area (Å²) in [6, 6.07) is 13.4. The molecule has 0 aliphatic carbocycles. The summed E-state index contributed by atoms with van der Waals surface area (Å²) >= 11 is 4.69. The first kappa shape index (κ1) is 14.3. The Kier molecular flexibility index (Phi) is 3.62. The van der Waals surface area contributed by atoms with Crippen molar-refractivity contribution < 1.29 is 13.2 Å². The molecule has 0 saturated carbocycles. The molecule has 0 aliphatic heterocycles.